The lowest BCUT2D eigenvalue weighted by Gasteiger charge is -2.05. The molecule has 1 aromatic heterocycles. The van der Waals surface area contributed by atoms with Gasteiger partial charge in [0, 0.05) is 29.0 Å². The van der Waals surface area contributed by atoms with Crippen LogP contribution in [0.15, 0.2) is 33.3 Å². The summed E-state index contributed by atoms with van der Waals surface area (Å²) in [5.41, 5.74) is 2.26. The minimum Gasteiger partial charge on any atom is -0.441 e. The predicted octanol–water partition coefficient (Wildman–Crippen LogP) is 3.95. The maximum atomic E-state index is 5.82. The van der Waals surface area contributed by atoms with Gasteiger partial charge in [-0.15, -0.1) is 0 Å². The van der Waals surface area contributed by atoms with E-state index < -0.39 is 0 Å². The number of rotatable bonds is 5. The number of halogens is 1. The molecule has 0 spiro atoms. The number of nitrogens with one attached hydrogen (secondary N) is 1. The molecule has 3 nitrogen and oxygen atoms in total. The highest BCUT2D eigenvalue weighted by molar-refractivity contribution is 9.10. The van der Waals surface area contributed by atoms with Crippen molar-refractivity contribution < 1.29 is 4.42 Å². The first-order valence-electron chi connectivity index (χ1n) is 6.51. The SMILES string of the molecule is Cc1c(Br)cccc1-c1cnc(CCNC(C)C)o1. The second-order valence-electron chi connectivity index (χ2n) is 4.89. The van der Waals surface area contributed by atoms with Gasteiger partial charge in [0.1, 0.15) is 0 Å². The average molecular weight is 323 g/mol. The quantitative estimate of drug-likeness (QED) is 0.905. The van der Waals surface area contributed by atoms with Gasteiger partial charge in [-0.1, -0.05) is 41.9 Å². The van der Waals surface area contributed by atoms with Crippen molar-refractivity contribution in [1.82, 2.24) is 10.3 Å². The van der Waals surface area contributed by atoms with Crippen molar-refractivity contribution in [2.24, 2.45) is 0 Å². The topological polar surface area (TPSA) is 38.1 Å². The summed E-state index contributed by atoms with van der Waals surface area (Å²) in [4.78, 5) is 4.34. The van der Waals surface area contributed by atoms with Gasteiger partial charge in [-0.3, -0.25) is 0 Å². The fourth-order valence-corrected chi connectivity index (χ4v) is 2.26. The molecule has 1 aromatic carbocycles. The van der Waals surface area contributed by atoms with Crippen molar-refractivity contribution in [3.8, 4) is 11.3 Å². The highest BCUT2D eigenvalue weighted by Crippen LogP contribution is 2.28. The maximum Gasteiger partial charge on any atom is 0.196 e. The molecule has 102 valence electrons. The Hall–Kier alpha value is -1.13. The standard InChI is InChI=1S/C15H19BrN2O/c1-10(2)17-8-7-15-18-9-14(19-15)12-5-4-6-13(16)11(12)3/h4-6,9-10,17H,7-8H2,1-3H3. The van der Waals surface area contributed by atoms with E-state index in [2.05, 4.69) is 53.1 Å². The van der Waals surface area contributed by atoms with E-state index in [1.807, 2.05) is 12.1 Å². The third-order valence-electron chi connectivity index (χ3n) is 2.98. The highest BCUT2D eigenvalue weighted by atomic mass is 79.9. The van der Waals surface area contributed by atoms with Gasteiger partial charge in [0.15, 0.2) is 11.7 Å². The van der Waals surface area contributed by atoms with Gasteiger partial charge in [-0.05, 0) is 18.6 Å². The smallest absolute Gasteiger partial charge is 0.196 e. The summed E-state index contributed by atoms with van der Waals surface area (Å²) < 4.78 is 6.90. The van der Waals surface area contributed by atoms with Crippen LogP contribution in [0.1, 0.15) is 25.3 Å². The van der Waals surface area contributed by atoms with E-state index >= 15 is 0 Å². The molecule has 0 atom stereocenters. The molecule has 0 unspecified atom stereocenters. The van der Waals surface area contributed by atoms with Crippen LogP contribution in [-0.2, 0) is 6.42 Å². The van der Waals surface area contributed by atoms with E-state index in [9.17, 15) is 0 Å². The molecule has 0 aliphatic heterocycles. The summed E-state index contributed by atoms with van der Waals surface area (Å²) in [5.74, 6) is 1.61. The van der Waals surface area contributed by atoms with Crippen LogP contribution in [-0.4, -0.2) is 17.6 Å². The molecular formula is C15H19BrN2O. The summed E-state index contributed by atoms with van der Waals surface area (Å²) in [6, 6.07) is 6.58. The molecule has 0 saturated carbocycles. The van der Waals surface area contributed by atoms with Crippen molar-refractivity contribution in [2.45, 2.75) is 33.2 Å². The molecule has 0 fully saturated rings. The molecule has 0 aliphatic carbocycles. The van der Waals surface area contributed by atoms with Gasteiger partial charge in [-0.2, -0.15) is 0 Å². The van der Waals surface area contributed by atoms with Crippen LogP contribution in [0.3, 0.4) is 0 Å². The Kier molecular flexibility index (Phi) is 4.77. The molecular weight excluding hydrogens is 304 g/mol. The lowest BCUT2D eigenvalue weighted by atomic mass is 10.1. The van der Waals surface area contributed by atoms with E-state index in [1.54, 1.807) is 6.20 Å². The molecule has 0 radical (unpaired) electrons. The summed E-state index contributed by atoms with van der Waals surface area (Å²) in [6.07, 6.45) is 2.62. The molecule has 0 amide bonds. The Morgan fingerprint density at radius 1 is 1.37 bits per heavy atom. The summed E-state index contributed by atoms with van der Waals surface area (Å²) in [7, 11) is 0. The minimum absolute atomic E-state index is 0.488. The van der Waals surface area contributed by atoms with Gasteiger partial charge < -0.3 is 9.73 Å². The molecule has 0 aliphatic rings. The van der Waals surface area contributed by atoms with Crippen LogP contribution in [0.4, 0.5) is 0 Å². The zero-order valence-corrected chi connectivity index (χ0v) is 13.1. The lowest BCUT2D eigenvalue weighted by Crippen LogP contribution is -2.24. The van der Waals surface area contributed by atoms with Gasteiger partial charge in [0.25, 0.3) is 0 Å². The van der Waals surface area contributed by atoms with Crippen molar-refractivity contribution in [1.29, 1.82) is 0 Å². The van der Waals surface area contributed by atoms with Gasteiger partial charge >= 0.3 is 0 Å². The fraction of sp³-hybridized carbons (Fsp3) is 0.400. The lowest BCUT2D eigenvalue weighted by molar-refractivity contribution is 0.484. The predicted molar refractivity (Wildman–Crippen MR) is 81.2 cm³/mol. The number of nitrogens with zero attached hydrogens (tertiary/aromatic N) is 1. The van der Waals surface area contributed by atoms with Crippen LogP contribution < -0.4 is 5.32 Å². The molecule has 1 heterocycles. The van der Waals surface area contributed by atoms with Crippen LogP contribution in [0, 0.1) is 6.92 Å². The van der Waals surface area contributed by atoms with Crippen molar-refractivity contribution >= 4 is 15.9 Å². The Morgan fingerprint density at radius 2 is 2.16 bits per heavy atom. The van der Waals surface area contributed by atoms with Crippen molar-refractivity contribution in [3.05, 3.63) is 40.3 Å². The zero-order chi connectivity index (χ0) is 13.8. The minimum atomic E-state index is 0.488. The summed E-state index contributed by atoms with van der Waals surface area (Å²) in [5, 5.41) is 3.36. The first kappa shape index (κ1) is 14.3. The number of hydrogen-bond donors (Lipinski definition) is 1. The van der Waals surface area contributed by atoms with Crippen LogP contribution in [0.5, 0.6) is 0 Å². The van der Waals surface area contributed by atoms with Gasteiger partial charge in [0.05, 0.1) is 6.20 Å². The van der Waals surface area contributed by atoms with Gasteiger partial charge in [0.2, 0.25) is 0 Å². The molecule has 0 saturated heterocycles. The number of hydrogen-bond acceptors (Lipinski definition) is 3. The third-order valence-corrected chi connectivity index (χ3v) is 3.84. The average Bonchev–Trinajstić information content (AvgIpc) is 2.81. The number of oxazole rings is 1. The Morgan fingerprint density at radius 3 is 2.89 bits per heavy atom. The van der Waals surface area contributed by atoms with Crippen molar-refractivity contribution in [3.63, 3.8) is 0 Å². The Balaban J connectivity index is 2.10. The van der Waals surface area contributed by atoms with Crippen LogP contribution in [0.25, 0.3) is 11.3 Å². The monoisotopic (exact) mass is 322 g/mol. The zero-order valence-electron chi connectivity index (χ0n) is 11.5. The van der Waals surface area contributed by atoms with Crippen LogP contribution >= 0.6 is 15.9 Å². The Labute approximate surface area is 122 Å². The van der Waals surface area contributed by atoms with E-state index in [-0.39, 0.29) is 0 Å². The number of aromatic nitrogens is 1. The molecule has 2 aromatic rings. The highest BCUT2D eigenvalue weighted by Gasteiger charge is 2.10. The molecule has 19 heavy (non-hydrogen) atoms. The summed E-state index contributed by atoms with van der Waals surface area (Å²) in [6.45, 7) is 7.22. The number of benzene rings is 1. The first-order chi connectivity index (χ1) is 9.08. The largest absolute Gasteiger partial charge is 0.441 e. The molecule has 4 heteroatoms. The van der Waals surface area contributed by atoms with Crippen molar-refractivity contribution in [2.75, 3.05) is 6.54 Å². The molecule has 0 bridgehead atoms. The fourth-order valence-electron chi connectivity index (χ4n) is 1.89. The Bertz CT molecular complexity index is 549. The van der Waals surface area contributed by atoms with Gasteiger partial charge in [-0.25, -0.2) is 4.98 Å². The van der Waals surface area contributed by atoms with E-state index in [0.717, 1.165) is 34.7 Å². The second-order valence-corrected chi connectivity index (χ2v) is 5.74. The summed E-state index contributed by atoms with van der Waals surface area (Å²) >= 11 is 3.54. The normalized spacial score (nSPS) is 11.2. The molecule has 2 rings (SSSR count). The second kappa shape index (κ2) is 6.35. The van der Waals surface area contributed by atoms with E-state index in [1.165, 1.54) is 5.56 Å². The van der Waals surface area contributed by atoms with E-state index in [4.69, 9.17) is 4.42 Å². The maximum absolute atomic E-state index is 5.82. The molecule has 1 N–H and O–H groups in total. The van der Waals surface area contributed by atoms with E-state index in [0.29, 0.717) is 6.04 Å². The first-order valence-corrected chi connectivity index (χ1v) is 7.31. The van der Waals surface area contributed by atoms with Crippen LogP contribution in [0.2, 0.25) is 0 Å². The third kappa shape index (κ3) is 3.67.